The van der Waals surface area contributed by atoms with E-state index in [2.05, 4.69) is 25.7 Å². The maximum Gasteiger partial charge on any atom is 0.253 e. The SMILES string of the molecule is COCCNC(=O)c1ccccc1NC(=O)C1CCN(Cc2nc(-c3ccc(OC)c(OC)c3)no2)CC1. The van der Waals surface area contributed by atoms with Crippen LogP contribution in [0.1, 0.15) is 29.1 Å². The van der Waals surface area contributed by atoms with Crippen LogP contribution in [-0.4, -0.2) is 74.4 Å². The highest BCUT2D eigenvalue weighted by atomic mass is 16.5. The second-order valence-electron chi connectivity index (χ2n) is 8.92. The third-order valence-electron chi connectivity index (χ3n) is 6.45. The van der Waals surface area contributed by atoms with Gasteiger partial charge in [-0.25, -0.2) is 0 Å². The summed E-state index contributed by atoms with van der Waals surface area (Å²) in [6, 6.07) is 12.5. The molecule has 2 amide bonds. The number of hydrogen-bond donors (Lipinski definition) is 2. The van der Waals surface area contributed by atoms with Crippen molar-refractivity contribution in [3.8, 4) is 22.9 Å². The molecule has 38 heavy (non-hydrogen) atoms. The number of benzene rings is 2. The minimum atomic E-state index is -0.250. The Hall–Kier alpha value is -3.96. The molecule has 0 bridgehead atoms. The quantitative estimate of drug-likeness (QED) is 0.365. The van der Waals surface area contributed by atoms with E-state index in [4.69, 9.17) is 18.7 Å². The Balaban J connectivity index is 1.30. The predicted octanol–water partition coefficient (Wildman–Crippen LogP) is 2.98. The molecule has 0 radical (unpaired) electrons. The molecule has 11 nitrogen and oxygen atoms in total. The zero-order chi connectivity index (χ0) is 26.9. The number of carbonyl (C=O) groups excluding carboxylic acids is 2. The molecule has 0 saturated carbocycles. The second-order valence-corrected chi connectivity index (χ2v) is 8.92. The summed E-state index contributed by atoms with van der Waals surface area (Å²) in [5.74, 6) is 1.70. The first kappa shape index (κ1) is 27.1. The van der Waals surface area contributed by atoms with E-state index in [1.807, 2.05) is 6.07 Å². The average Bonchev–Trinajstić information content (AvgIpc) is 3.41. The zero-order valence-corrected chi connectivity index (χ0v) is 21.9. The molecule has 3 aromatic rings. The van der Waals surface area contributed by atoms with Crippen LogP contribution < -0.4 is 20.1 Å². The minimum absolute atomic E-state index is 0.0877. The predicted molar refractivity (Wildman–Crippen MR) is 140 cm³/mol. The number of para-hydroxylation sites is 1. The lowest BCUT2D eigenvalue weighted by Gasteiger charge is -2.30. The van der Waals surface area contributed by atoms with Crippen molar-refractivity contribution in [1.82, 2.24) is 20.4 Å². The Bertz CT molecular complexity index is 1240. The number of ether oxygens (including phenoxy) is 3. The van der Waals surface area contributed by atoms with Gasteiger partial charge in [0.2, 0.25) is 17.6 Å². The van der Waals surface area contributed by atoms with Gasteiger partial charge in [0, 0.05) is 25.1 Å². The first-order chi connectivity index (χ1) is 18.5. The van der Waals surface area contributed by atoms with Crippen LogP contribution in [-0.2, 0) is 16.1 Å². The van der Waals surface area contributed by atoms with Crippen LogP contribution in [0.3, 0.4) is 0 Å². The lowest BCUT2D eigenvalue weighted by atomic mass is 9.95. The van der Waals surface area contributed by atoms with E-state index in [9.17, 15) is 9.59 Å². The summed E-state index contributed by atoms with van der Waals surface area (Å²) >= 11 is 0. The van der Waals surface area contributed by atoms with Crippen LogP contribution in [0.5, 0.6) is 11.5 Å². The Morgan fingerprint density at radius 3 is 2.55 bits per heavy atom. The van der Waals surface area contributed by atoms with Crippen LogP contribution >= 0.6 is 0 Å². The van der Waals surface area contributed by atoms with Crippen LogP contribution in [0.25, 0.3) is 11.4 Å². The lowest BCUT2D eigenvalue weighted by Crippen LogP contribution is -2.38. The van der Waals surface area contributed by atoms with E-state index in [1.165, 1.54) is 0 Å². The first-order valence-electron chi connectivity index (χ1n) is 12.5. The maximum absolute atomic E-state index is 13.0. The van der Waals surface area contributed by atoms with E-state index >= 15 is 0 Å². The minimum Gasteiger partial charge on any atom is -0.493 e. The number of piperidine rings is 1. The number of hydrogen-bond acceptors (Lipinski definition) is 9. The van der Waals surface area contributed by atoms with Gasteiger partial charge >= 0.3 is 0 Å². The lowest BCUT2D eigenvalue weighted by molar-refractivity contribution is -0.121. The van der Waals surface area contributed by atoms with Gasteiger partial charge < -0.3 is 29.4 Å². The number of nitrogens with one attached hydrogen (secondary N) is 2. The summed E-state index contributed by atoms with van der Waals surface area (Å²) in [4.78, 5) is 32.2. The number of carbonyl (C=O) groups is 2. The highest BCUT2D eigenvalue weighted by Gasteiger charge is 2.27. The van der Waals surface area contributed by atoms with E-state index < -0.39 is 0 Å². The van der Waals surface area contributed by atoms with Crippen molar-refractivity contribution in [2.24, 2.45) is 5.92 Å². The summed E-state index contributed by atoms with van der Waals surface area (Å²) in [6.07, 6.45) is 1.37. The van der Waals surface area contributed by atoms with E-state index in [0.29, 0.717) is 80.1 Å². The molecule has 1 aliphatic rings. The molecule has 4 rings (SSSR count). The van der Waals surface area contributed by atoms with Crippen LogP contribution in [0.15, 0.2) is 47.0 Å². The first-order valence-corrected chi connectivity index (χ1v) is 12.5. The monoisotopic (exact) mass is 523 g/mol. The molecule has 1 fully saturated rings. The smallest absolute Gasteiger partial charge is 0.253 e. The fourth-order valence-electron chi connectivity index (χ4n) is 4.34. The molecule has 1 aliphatic heterocycles. The number of rotatable bonds is 11. The molecule has 202 valence electrons. The summed E-state index contributed by atoms with van der Waals surface area (Å²) in [7, 11) is 4.73. The standard InChI is InChI=1S/C27H33N5O6/c1-35-15-12-28-27(34)20-6-4-5-7-21(20)29-26(33)18-10-13-32(14-11-18)17-24-30-25(31-38-24)19-8-9-22(36-2)23(16-19)37-3/h4-9,16,18H,10-15,17H2,1-3H3,(H,28,34)(H,29,33). The molecule has 0 aliphatic carbocycles. The third-order valence-corrected chi connectivity index (χ3v) is 6.45. The number of aromatic nitrogens is 2. The maximum atomic E-state index is 13.0. The van der Waals surface area contributed by atoms with E-state index in [-0.39, 0.29) is 17.7 Å². The normalized spacial score (nSPS) is 14.2. The number of anilines is 1. The van der Waals surface area contributed by atoms with Gasteiger partial charge in [-0.05, 0) is 56.3 Å². The number of nitrogens with zero attached hydrogens (tertiary/aromatic N) is 3. The molecule has 11 heteroatoms. The van der Waals surface area contributed by atoms with Gasteiger partial charge in [-0.3, -0.25) is 14.5 Å². The largest absolute Gasteiger partial charge is 0.493 e. The van der Waals surface area contributed by atoms with Gasteiger partial charge in [0.25, 0.3) is 5.91 Å². The fraction of sp³-hybridized carbons (Fsp3) is 0.407. The van der Waals surface area contributed by atoms with Gasteiger partial charge in [0.1, 0.15) is 0 Å². The zero-order valence-electron chi connectivity index (χ0n) is 21.9. The molecular weight excluding hydrogens is 490 g/mol. The van der Waals surface area contributed by atoms with Crippen molar-refractivity contribution in [2.45, 2.75) is 19.4 Å². The summed E-state index contributed by atoms with van der Waals surface area (Å²) in [5.41, 5.74) is 1.69. The molecule has 1 aromatic heterocycles. The van der Waals surface area contributed by atoms with Crippen LogP contribution in [0.2, 0.25) is 0 Å². The molecule has 2 heterocycles. The molecule has 0 spiro atoms. The third kappa shape index (κ3) is 6.67. The molecule has 2 N–H and O–H groups in total. The number of amides is 2. The molecular formula is C27H33N5O6. The topological polar surface area (TPSA) is 128 Å². The van der Waals surface area contributed by atoms with Crippen molar-refractivity contribution in [2.75, 3.05) is 52.9 Å². The summed E-state index contributed by atoms with van der Waals surface area (Å²) in [6.45, 7) is 2.74. The van der Waals surface area contributed by atoms with Crippen LogP contribution in [0, 0.1) is 5.92 Å². The molecule has 0 atom stereocenters. The average molecular weight is 524 g/mol. The number of methoxy groups -OCH3 is 3. The van der Waals surface area contributed by atoms with Gasteiger partial charge in [-0.15, -0.1) is 0 Å². The van der Waals surface area contributed by atoms with E-state index in [0.717, 1.165) is 5.56 Å². The highest BCUT2D eigenvalue weighted by Crippen LogP contribution is 2.31. The molecule has 2 aromatic carbocycles. The van der Waals surface area contributed by atoms with Gasteiger partial charge in [-0.1, -0.05) is 17.3 Å². The number of likely N-dealkylation sites (tertiary alicyclic amines) is 1. The van der Waals surface area contributed by atoms with E-state index in [1.54, 1.807) is 57.7 Å². The highest BCUT2D eigenvalue weighted by molar-refractivity contribution is 6.04. The van der Waals surface area contributed by atoms with Crippen molar-refractivity contribution < 1.29 is 28.3 Å². The Kier molecular flexibility index (Phi) is 9.28. The fourth-order valence-corrected chi connectivity index (χ4v) is 4.34. The summed E-state index contributed by atoms with van der Waals surface area (Å²) < 4.78 is 21.1. The van der Waals surface area contributed by atoms with Crippen molar-refractivity contribution in [3.63, 3.8) is 0 Å². The van der Waals surface area contributed by atoms with Crippen molar-refractivity contribution in [1.29, 1.82) is 0 Å². The Morgan fingerprint density at radius 2 is 1.82 bits per heavy atom. The summed E-state index contributed by atoms with van der Waals surface area (Å²) in [5, 5.41) is 9.84. The van der Waals surface area contributed by atoms with Gasteiger partial charge in [0.05, 0.1) is 38.6 Å². The van der Waals surface area contributed by atoms with Gasteiger partial charge in [-0.2, -0.15) is 4.98 Å². The molecule has 1 saturated heterocycles. The Labute approximate surface area is 221 Å². The second kappa shape index (κ2) is 13.0. The van der Waals surface area contributed by atoms with Crippen molar-refractivity contribution >= 4 is 17.5 Å². The van der Waals surface area contributed by atoms with Crippen LogP contribution in [0.4, 0.5) is 5.69 Å². The van der Waals surface area contributed by atoms with Gasteiger partial charge in [0.15, 0.2) is 11.5 Å². The molecule has 0 unspecified atom stereocenters. The van der Waals surface area contributed by atoms with Crippen molar-refractivity contribution in [3.05, 3.63) is 53.9 Å². The Morgan fingerprint density at radius 1 is 1.05 bits per heavy atom.